The van der Waals surface area contributed by atoms with Gasteiger partial charge in [0, 0.05) is 13.6 Å². The van der Waals surface area contributed by atoms with E-state index in [1.54, 1.807) is 6.20 Å². The highest BCUT2D eigenvalue weighted by Gasteiger charge is 2.08. The standard InChI is InChI=1S/C17H23N3/c1-11-6-13(3)15(7-12(11)2)10-20(5)17-8-14(4)16(18)9-19-17/h6-9H,10,18H2,1-5H3. The number of hydrogen-bond donors (Lipinski definition) is 1. The van der Waals surface area contributed by atoms with Crippen LogP contribution in [0, 0.1) is 27.7 Å². The minimum Gasteiger partial charge on any atom is -0.397 e. The third-order valence-corrected chi connectivity index (χ3v) is 3.89. The van der Waals surface area contributed by atoms with Crippen molar-refractivity contribution in [3.63, 3.8) is 0 Å². The number of nitrogens with two attached hydrogens (primary N) is 1. The van der Waals surface area contributed by atoms with Gasteiger partial charge in [0.2, 0.25) is 0 Å². The zero-order chi connectivity index (χ0) is 14.9. The summed E-state index contributed by atoms with van der Waals surface area (Å²) in [5.74, 6) is 0.953. The number of anilines is 2. The summed E-state index contributed by atoms with van der Waals surface area (Å²) in [6.07, 6.45) is 1.73. The van der Waals surface area contributed by atoms with Crippen LogP contribution < -0.4 is 10.6 Å². The molecular weight excluding hydrogens is 246 g/mol. The predicted molar refractivity (Wildman–Crippen MR) is 86.1 cm³/mol. The molecule has 0 amide bonds. The van der Waals surface area contributed by atoms with Crippen molar-refractivity contribution in [2.75, 3.05) is 17.7 Å². The first-order valence-corrected chi connectivity index (χ1v) is 6.88. The molecule has 1 heterocycles. The minimum absolute atomic E-state index is 0.740. The summed E-state index contributed by atoms with van der Waals surface area (Å²) in [4.78, 5) is 6.56. The van der Waals surface area contributed by atoms with Gasteiger partial charge in [0.25, 0.3) is 0 Å². The lowest BCUT2D eigenvalue weighted by molar-refractivity contribution is 0.887. The van der Waals surface area contributed by atoms with Crippen LogP contribution in [0.4, 0.5) is 11.5 Å². The van der Waals surface area contributed by atoms with E-state index in [0.717, 1.165) is 23.6 Å². The molecule has 0 saturated heterocycles. The molecule has 0 aliphatic carbocycles. The van der Waals surface area contributed by atoms with Gasteiger partial charge >= 0.3 is 0 Å². The van der Waals surface area contributed by atoms with Gasteiger partial charge in [0.1, 0.15) is 5.82 Å². The molecule has 0 aliphatic heterocycles. The molecular formula is C17H23N3. The molecule has 2 rings (SSSR count). The van der Waals surface area contributed by atoms with E-state index in [0.29, 0.717) is 0 Å². The molecule has 2 aromatic rings. The van der Waals surface area contributed by atoms with Gasteiger partial charge in [-0.05, 0) is 61.6 Å². The minimum atomic E-state index is 0.740. The number of aromatic nitrogens is 1. The number of rotatable bonds is 3. The van der Waals surface area contributed by atoms with Crippen LogP contribution in [0.5, 0.6) is 0 Å². The number of benzene rings is 1. The number of pyridine rings is 1. The Morgan fingerprint density at radius 2 is 1.60 bits per heavy atom. The van der Waals surface area contributed by atoms with Crippen molar-refractivity contribution >= 4 is 11.5 Å². The van der Waals surface area contributed by atoms with Crippen LogP contribution in [-0.2, 0) is 6.54 Å². The molecule has 2 N–H and O–H groups in total. The van der Waals surface area contributed by atoms with E-state index in [1.165, 1.54) is 22.3 Å². The highest BCUT2D eigenvalue weighted by atomic mass is 15.2. The normalized spacial score (nSPS) is 10.7. The summed E-state index contributed by atoms with van der Waals surface area (Å²) in [5, 5.41) is 0. The average Bonchev–Trinajstić information content (AvgIpc) is 2.39. The third-order valence-electron chi connectivity index (χ3n) is 3.89. The molecule has 106 valence electrons. The summed E-state index contributed by atoms with van der Waals surface area (Å²) >= 11 is 0. The zero-order valence-corrected chi connectivity index (χ0v) is 13.0. The predicted octanol–water partition coefficient (Wildman–Crippen LogP) is 3.53. The van der Waals surface area contributed by atoms with Crippen molar-refractivity contribution in [1.82, 2.24) is 4.98 Å². The van der Waals surface area contributed by atoms with Crippen LogP contribution in [0.2, 0.25) is 0 Å². The van der Waals surface area contributed by atoms with Gasteiger partial charge in [-0.3, -0.25) is 0 Å². The van der Waals surface area contributed by atoms with Gasteiger partial charge in [-0.2, -0.15) is 0 Å². The molecule has 0 spiro atoms. The molecule has 3 heteroatoms. The van der Waals surface area contributed by atoms with Crippen LogP contribution >= 0.6 is 0 Å². The molecule has 0 radical (unpaired) electrons. The summed E-state index contributed by atoms with van der Waals surface area (Å²) in [6.45, 7) is 9.33. The van der Waals surface area contributed by atoms with E-state index >= 15 is 0 Å². The Hall–Kier alpha value is -2.03. The van der Waals surface area contributed by atoms with Crippen LogP contribution in [0.15, 0.2) is 24.4 Å². The lowest BCUT2D eigenvalue weighted by atomic mass is 10.0. The number of aryl methyl sites for hydroxylation is 4. The molecule has 0 fully saturated rings. The van der Waals surface area contributed by atoms with Crippen molar-refractivity contribution in [3.8, 4) is 0 Å². The summed E-state index contributed by atoms with van der Waals surface area (Å²) in [6, 6.07) is 6.55. The molecule has 0 saturated carbocycles. The van der Waals surface area contributed by atoms with Gasteiger partial charge in [0.15, 0.2) is 0 Å². The molecule has 20 heavy (non-hydrogen) atoms. The van der Waals surface area contributed by atoms with Crippen molar-refractivity contribution in [2.45, 2.75) is 34.2 Å². The van der Waals surface area contributed by atoms with Crippen molar-refractivity contribution < 1.29 is 0 Å². The van der Waals surface area contributed by atoms with Crippen molar-refractivity contribution in [2.24, 2.45) is 0 Å². The Kier molecular flexibility index (Phi) is 3.98. The number of nitrogen functional groups attached to an aromatic ring is 1. The second-order valence-corrected chi connectivity index (χ2v) is 5.62. The topological polar surface area (TPSA) is 42.1 Å². The van der Waals surface area contributed by atoms with E-state index in [-0.39, 0.29) is 0 Å². The van der Waals surface area contributed by atoms with E-state index in [9.17, 15) is 0 Å². The van der Waals surface area contributed by atoms with Gasteiger partial charge in [-0.25, -0.2) is 4.98 Å². The first-order chi connectivity index (χ1) is 9.38. The average molecular weight is 269 g/mol. The van der Waals surface area contributed by atoms with Gasteiger partial charge < -0.3 is 10.6 Å². The fourth-order valence-electron chi connectivity index (χ4n) is 2.29. The fourth-order valence-corrected chi connectivity index (χ4v) is 2.29. The molecule has 0 atom stereocenters. The number of hydrogen-bond acceptors (Lipinski definition) is 3. The maximum atomic E-state index is 5.82. The zero-order valence-electron chi connectivity index (χ0n) is 13.0. The maximum Gasteiger partial charge on any atom is 0.128 e. The second-order valence-electron chi connectivity index (χ2n) is 5.62. The van der Waals surface area contributed by atoms with Gasteiger partial charge in [0.05, 0.1) is 11.9 Å². The fraction of sp³-hybridized carbons (Fsp3) is 0.353. The van der Waals surface area contributed by atoms with E-state index in [1.807, 2.05) is 13.0 Å². The highest BCUT2D eigenvalue weighted by Crippen LogP contribution is 2.21. The molecule has 1 aromatic heterocycles. The number of nitrogens with zero attached hydrogens (tertiary/aromatic N) is 2. The molecule has 3 nitrogen and oxygen atoms in total. The van der Waals surface area contributed by atoms with Crippen LogP contribution in [0.3, 0.4) is 0 Å². The van der Waals surface area contributed by atoms with Gasteiger partial charge in [-0.15, -0.1) is 0 Å². The van der Waals surface area contributed by atoms with Crippen molar-refractivity contribution in [1.29, 1.82) is 0 Å². The van der Waals surface area contributed by atoms with Gasteiger partial charge in [-0.1, -0.05) is 12.1 Å². The highest BCUT2D eigenvalue weighted by molar-refractivity contribution is 5.52. The molecule has 1 aromatic carbocycles. The Balaban J connectivity index is 2.25. The second kappa shape index (κ2) is 5.53. The Morgan fingerprint density at radius 3 is 2.25 bits per heavy atom. The Labute approximate surface area is 121 Å². The lowest BCUT2D eigenvalue weighted by Crippen LogP contribution is -2.18. The lowest BCUT2D eigenvalue weighted by Gasteiger charge is -2.21. The SMILES string of the molecule is Cc1cc(C)c(CN(C)c2cc(C)c(N)cn2)cc1C. The Morgan fingerprint density at radius 1 is 0.950 bits per heavy atom. The maximum absolute atomic E-state index is 5.82. The third kappa shape index (κ3) is 2.93. The van der Waals surface area contributed by atoms with E-state index < -0.39 is 0 Å². The monoisotopic (exact) mass is 269 g/mol. The van der Waals surface area contributed by atoms with Crippen LogP contribution in [-0.4, -0.2) is 12.0 Å². The first kappa shape index (κ1) is 14.4. The summed E-state index contributed by atoms with van der Waals surface area (Å²) < 4.78 is 0. The molecule has 0 aliphatic rings. The van der Waals surface area contributed by atoms with Crippen LogP contribution in [0.25, 0.3) is 0 Å². The molecule has 0 bridgehead atoms. The smallest absolute Gasteiger partial charge is 0.128 e. The first-order valence-electron chi connectivity index (χ1n) is 6.88. The van der Waals surface area contributed by atoms with E-state index in [4.69, 9.17) is 5.73 Å². The van der Waals surface area contributed by atoms with Crippen molar-refractivity contribution in [3.05, 3.63) is 52.2 Å². The molecule has 0 unspecified atom stereocenters. The van der Waals surface area contributed by atoms with Crippen LogP contribution in [0.1, 0.15) is 27.8 Å². The summed E-state index contributed by atoms with van der Waals surface area (Å²) in [7, 11) is 2.06. The quantitative estimate of drug-likeness (QED) is 0.926. The Bertz CT molecular complexity index is 632. The van der Waals surface area contributed by atoms with E-state index in [2.05, 4.69) is 49.8 Å². The largest absolute Gasteiger partial charge is 0.397 e. The summed E-state index contributed by atoms with van der Waals surface area (Å²) in [5.41, 5.74) is 13.0.